The zero-order valence-corrected chi connectivity index (χ0v) is 8.58. The first-order chi connectivity index (χ1) is 6.86. The summed E-state index contributed by atoms with van der Waals surface area (Å²) in [6, 6.07) is 0. The Labute approximate surface area is 85.3 Å². The van der Waals surface area contributed by atoms with Gasteiger partial charge in [-0.2, -0.15) is 0 Å². The Bertz CT molecular complexity index is 245. The van der Waals surface area contributed by atoms with Crippen LogP contribution in [-0.2, 0) is 9.47 Å². The second-order valence-electron chi connectivity index (χ2n) is 5.00. The second-order valence-corrected chi connectivity index (χ2v) is 5.00. The van der Waals surface area contributed by atoms with Gasteiger partial charge in [-0.05, 0) is 37.0 Å². The molecule has 3 unspecified atom stereocenters. The number of hydrogen-bond acceptors (Lipinski definition) is 2. The molecular formula is C12H18O2. The van der Waals surface area contributed by atoms with E-state index in [9.17, 15) is 0 Å². The molecule has 3 rings (SSSR count). The minimum atomic E-state index is 0.419. The Kier molecular flexibility index (Phi) is 2.14. The average molecular weight is 194 g/mol. The molecule has 0 N–H and O–H groups in total. The van der Waals surface area contributed by atoms with Gasteiger partial charge in [0.1, 0.15) is 6.10 Å². The average Bonchev–Trinajstić information content (AvgIpc) is 2.83. The van der Waals surface area contributed by atoms with Crippen LogP contribution in [-0.4, -0.2) is 25.9 Å². The van der Waals surface area contributed by atoms with Gasteiger partial charge in [-0.25, -0.2) is 0 Å². The third-order valence-electron chi connectivity index (χ3n) is 3.85. The molecule has 1 aliphatic heterocycles. The van der Waals surface area contributed by atoms with Gasteiger partial charge in [-0.3, -0.25) is 0 Å². The molecule has 2 heteroatoms. The van der Waals surface area contributed by atoms with Gasteiger partial charge in [0.25, 0.3) is 0 Å². The van der Waals surface area contributed by atoms with Crippen LogP contribution >= 0.6 is 0 Å². The van der Waals surface area contributed by atoms with Gasteiger partial charge in [0.2, 0.25) is 0 Å². The van der Waals surface area contributed by atoms with E-state index in [2.05, 4.69) is 12.2 Å². The largest absolute Gasteiger partial charge is 0.379 e. The molecule has 78 valence electrons. The molecule has 0 aromatic rings. The van der Waals surface area contributed by atoms with Crippen molar-refractivity contribution in [1.82, 2.24) is 0 Å². The number of rotatable bonds is 5. The summed E-state index contributed by atoms with van der Waals surface area (Å²) in [5.74, 6) is 0.891. The summed E-state index contributed by atoms with van der Waals surface area (Å²) in [5, 5.41) is 0. The van der Waals surface area contributed by atoms with E-state index in [1.807, 2.05) is 0 Å². The zero-order valence-electron chi connectivity index (χ0n) is 8.58. The third-order valence-corrected chi connectivity index (χ3v) is 3.85. The molecule has 2 nitrogen and oxygen atoms in total. The highest BCUT2D eigenvalue weighted by Crippen LogP contribution is 2.51. The topological polar surface area (TPSA) is 21.8 Å². The second kappa shape index (κ2) is 3.35. The molecule has 1 saturated heterocycles. The molecule has 0 spiro atoms. The van der Waals surface area contributed by atoms with Crippen LogP contribution < -0.4 is 0 Å². The van der Waals surface area contributed by atoms with Crippen molar-refractivity contribution in [2.45, 2.75) is 31.8 Å². The first-order valence-electron chi connectivity index (χ1n) is 5.75. The summed E-state index contributed by atoms with van der Waals surface area (Å²) in [4.78, 5) is 0. The molecule has 0 aromatic carbocycles. The Morgan fingerprint density at radius 2 is 2.43 bits per heavy atom. The maximum Gasteiger partial charge on any atom is 0.104 e. The van der Waals surface area contributed by atoms with Crippen LogP contribution in [0.3, 0.4) is 0 Å². The first-order valence-corrected chi connectivity index (χ1v) is 5.75. The third kappa shape index (κ3) is 1.73. The SMILES string of the molecule is C1=CC2(CCOCC3CO3)CCC1C2. The van der Waals surface area contributed by atoms with Gasteiger partial charge in [-0.15, -0.1) is 0 Å². The standard InChI is InChI=1S/C12H18O2/c1-3-12(4-2-10(1)7-12)5-6-13-8-11-9-14-11/h1,3,10-11H,2,4-9H2. The van der Waals surface area contributed by atoms with Crippen molar-refractivity contribution in [3.63, 3.8) is 0 Å². The van der Waals surface area contributed by atoms with Crippen LogP contribution in [0.2, 0.25) is 0 Å². The zero-order chi connectivity index (χ0) is 9.43. The smallest absolute Gasteiger partial charge is 0.104 e. The van der Waals surface area contributed by atoms with Crippen LogP contribution in [0, 0.1) is 11.3 Å². The van der Waals surface area contributed by atoms with E-state index in [-0.39, 0.29) is 0 Å². The van der Waals surface area contributed by atoms with Gasteiger partial charge in [-0.1, -0.05) is 12.2 Å². The van der Waals surface area contributed by atoms with Gasteiger partial charge >= 0.3 is 0 Å². The summed E-state index contributed by atoms with van der Waals surface area (Å²) in [6.07, 6.45) is 10.7. The number of ether oxygens (including phenoxy) is 2. The van der Waals surface area contributed by atoms with E-state index < -0.39 is 0 Å². The van der Waals surface area contributed by atoms with Gasteiger partial charge < -0.3 is 9.47 Å². The Morgan fingerprint density at radius 3 is 3.00 bits per heavy atom. The summed E-state index contributed by atoms with van der Waals surface area (Å²) in [6.45, 7) is 2.63. The molecule has 2 aliphatic carbocycles. The lowest BCUT2D eigenvalue weighted by atomic mass is 9.85. The van der Waals surface area contributed by atoms with Crippen molar-refractivity contribution in [1.29, 1.82) is 0 Å². The predicted octanol–water partition coefficient (Wildman–Crippen LogP) is 2.15. The molecule has 0 amide bonds. The van der Waals surface area contributed by atoms with E-state index in [4.69, 9.17) is 9.47 Å². The van der Waals surface area contributed by atoms with Gasteiger partial charge in [0, 0.05) is 6.61 Å². The molecule has 1 heterocycles. The molecule has 3 aliphatic rings. The van der Waals surface area contributed by atoms with E-state index in [1.54, 1.807) is 0 Å². The predicted molar refractivity (Wildman–Crippen MR) is 54.1 cm³/mol. The Balaban J connectivity index is 1.41. The van der Waals surface area contributed by atoms with E-state index in [1.165, 1.54) is 25.7 Å². The van der Waals surface area contributed by atoms with Crippen molar-refractivity contribution in [2.24, 2.45) is 11.3 Å². The molecule has 3 atom stereocenters. The quantitative estimate of drug-likeness (QED) is 0.380. The highest BCUT2D eigenvalue weighted by atomic mass is 16.6. The molecule has 1 saturated carbocycles. The Morgan fingerprint density at radius 1 is 1.50 bits per heavy atom. The minimum absolute atomic E-state index is 0.419. The van der Waals surface area contributed by atoms with Crippen molar-refractivity contribution in [3.8, 4) is 0 Å². The summed E-state index contributed by atoms with van der Waals surface area (Å²) < 4.78 is 10.7. The first kappa shape index (κ1) is 8.93. The van der Waals surface area contributed by atoms with Crippen LogP contribution in [0.5, 0.6) is 0 Å². The Hall–Kier alpha value is -0.340. The van der Waals surface area contributed by atoms with Gasteiger partial charge in [0.15, 0.2) is 0 Å². The summed E-state index contributed by atoms with van der Waals surface area (Å²) in [7, 11) is 0. The van der Waals surface area contributed by atoms with Crippen molar-refractivity contribution < 1.29 is 9.47 Å². The van der Waals surface area contributed by atoms with Crippen LogP contribution in [0.15, 0.2) is 12.2 Å². The molecular weight excluding hydrogens is 176 g/mol. The molecule has 2 bridgehead atoms. The van der Waals surface area contributed by atoms with Crippen LogP contribution in [0.1, 0.15) is 25.7 Å². The molecule has 2 fully saturated rings. The van der Waals surface area contributed by atoms with Crippen molar-refractivity contribution >= 4 is 0 Å². The molecule has 0 radical (unpaired) electrons. The van der Waals surface area contributed by atoms with E-state index >= 15 is 0 Å². The maximum absolute atomic E-state index is 5.61. The fourth-order valence-corrected chi connectivity index (χ4v) is 2.82. The monoisotopic (exact) mass is 194 g/mol. The number of epoxide rings is 1. The number of allylic oxidation sites excluding steroid dienone is 2. The highest BCUT2D eigenvalue weighted by Gasteiger charge is 2.40. The molecule has 14 heavy (non-hydrogen) atoms. The number of hydrogen-bond donors (Lipinski definition) is 0. The van der Waals surface area contributed by atoms with Gasteiger partial charge in [0.05, 0.1) is 13.2 Å². The summed E-state index contributed by atoms with van der Waals surface area (Å²) >= 11 is 0. The minimum Gasteiger partial charge on any atom is -0.379 e. The fourth-order valence-electron chi connectivity index (χ4n) is 2.82. The van der Waals surface area contributed by atoms with Crippen LogP contribution in [0.25, 0.3) is 0 Å². The normalized spacial score (nSPS) is 43.4. The number of fused-ring (bicyclic) bond motifs is 2. The fraction of sp³-hybridized carbons (Fsp3) is 0.833. The molecule has 0 aromatic heterocycles. The highest BCUT2D eigenvalue weighted by molar-refractivity contribution is 5.15. The lowest BCUT2D eigenvalue weighted by Gasteiger charge is -2.22. The van der Waals surface area contributed by atoms with E-state index in [0.717, 1.165) is 25.7 Å². The van der Waals surface area contributed by atoms with E-state index in [0.29, 0.717) is 11.5 Å². The van der Waals surface area contributed by atoms with Crippen molar-refractivity contribution in [3.05, 3.63) is 12.2 Å². The van der Waals surface area contributed by atoms with Crippen LogP contribution in [0.4, 0.5) is 0 Å². The lowest BCUT2D eigenvalue weighted by Crippen LogP contribution is -2.15. The lowest BCUT2D eigenvalue weighted by molar-refractivity contribution is 0.0947. The maximum atomic E-state index is 5.61. The summed E-state index contributed by atoms with van der Waals surface area (Å²) in [5.41, 5.74) is 0.523. The van der Waals surface area contributed by atoms with Crippen molar-refractivity contribution in [2.75, 3.05) is 19.8 Å².